The van der Waals surface area contributed by atoms with Crippen LogP contribution in [-0.2, 0) is 4.79 Å². The summed E-state index contributed by atoms with van der Waals surface area (Å²) in [5.74, 6) is -0.995. The van der Waals surface area contributed by atoms with Crippen LogP contribution in [0, 0.1) is 0 Å². The summed E-state index contributed by atoms with van der Waals surface area (Å²) >= 11 is 0. The molecule has 0 fully saturated rings. The first-order valence-electron chi connectivity index (χ1n) is 5.86. The lowest BCUT2D eigenvalue weighted by Crippen LogP contribution is -2.46. The number of carbonyl (C=O) groups is 1. The average Bonchev–Trinajstić information content (AvgIpc) is 2.71. The summed E-state index contributed by atoms with van der Waals surface area (Å²) in [7, 11) is 0. The van der Waals surface area contributed by atoms with E-state index >= 15 is 0 Å². The Balaban J connectivity index is 2.29. The van der Waals surface area contributed by atoms with E-state index in [9.17, 15) is 4.79 Å². The standard InChI is InChI=1S/C13H17N3O2/c1-9(7-13(2,14)12(17)18)16-11-6-4-3-5-10(11)8-15-16/h3-6,8-9H,7,14H2,1-2H3,(H,17,18). The molecule has 0 radical (unpaired) electrons. The van der Waals surface area contributed by atoms with Crippen molar-refractivity contribution in [2.45, 2.75) is 31.8 Å². The van der Waals surface area contributed by atoms with Crippen molar-refractivity contribution in [3.63, 3.8) is 0 Å². The number of nitrogens with zero attached hydrogens (tertiary/aromatic N) is 2. The number of aliphatic carboxylic acids is 1. The maximum absolute atomic E-state index is 11.0. The van der Waals surface area contributed by atoms with Crippen LogP contribution >= 0.6 is 0 Å². The zero-order chi connectivity index (χ0) is 13.3. The van der Waals surface area contributed by atoms with Gasteiger partial charge in [0.15, 0.2) is 0 Å². The van der Waals surface area contributed by atoms with Crippen LogP contribution in [0.15, 0.2) is 30.5 Å². The van der Waals surface area contributed by atoms with E-state index in [0.717, 1.165) is 10.9 Å². The van der Waals surface area contributed by atoms with Crippen LogP contribution in [0.1, 0.15) is 26.3 Å². The molecule has 0 bridgehead atoms. The van der Waals surface area contributed by atoms with Crippen molar-refractivity contribution >= 4 is 16.9 Å². The molecule has 1 aromatic heterocycles. The van der Waals surface area contributed by atoms with E-state index in [4.69, 9.17) is 10.8 Å². The van der Waals surface area contributed by atoms with Gasteiger partial charge >= 0.3 is 5.97 Å². The number of hydrogen-bond acceptors (Lipinski definition) is 3. The highest BCUT2D eigenvalue weighted by Crippen LogP contribution is 2.23. The smallest absolute Gasteiger partial charge is 0.323 e. The lowest BCUT2D eigenvalue weighted by atomic mass is 9.95. The second-order valence-electron chi connectivity index (χ2n) is 4.92. The number of hydrogen-bond donors (Lipinski definition) is 2. The number of carboxylic acids is 1. The molecule has 2 rings (SSSR count). The minimum atomic E-state index is -1.24. The van der Waals surface area contributed by atoms with Crippen LogP contribution < -0.4 is 5.73 Å². The third-order valence-electron chi connectivity index (χ3n) is 3.13. The summed E-state index contributed by atoms with van der Waals surface area (Å²) in [4.78, 5) is 11.0. The van der Waals surface area contributed by atoms with Crippen molar-refractivity contribution in [1.82, 2.24) is 9.78 Å². The highest BCUT2D eigenvalue weighted by molar-refractivity contribution is 5.79. The molecule has 0 spiro atoms. The minimum absolute atomic E-state index is 0.0731. The minimum Gasteiger partial charge on any atom is -0.480 e. The maximum atomic E-state index is 11.0. The SMILES string of the molecule is CC(CC(C)(N)C(=O)O)n1ncc2ccccc21. The fourth-order valence-corrected chi connectivity index (χ4v) is 2.13. The Morgan fingerprint density at radius 2 is 2.22 bits per heavy atom. The summed E-state index contributed by atoms with van der Waals surface area (Å²) in [6, 6.07) is 7.75. The van der Waals surface area contributed by atoms with Crippen LogP contribution in [0.3, 0.4) is 0 Å². The van der Waals surface area contributed by atoms with Gasteiger partial charge < -0.3 is 10.8 Å². The van der Waals surface area contributed by atoms with Gasteiger partial charge in [-0.1, -0.05) is 18.2 Å². The van der Waals surface area contributed by atoms with Gasteiger partial charge in [-0.3, -0.25) is 9.48 Å². The van der Waals surface area contributed by atoms with Crippen molar-refractivity contribution in [1.29, 1.82) is 0 Å². The van der Waals surface area contributed by atoms with Gasteiger partial charge in [0.05, 0.1) is 17.8 Å². The van der Waals surface area contributed by atoms with E-state index in [-0.39, 0.29) is 6.04 Å². The number of aromatic nitrogens is 2. The predicted octanol–water partition coefficient (Wildman–Crippen LogP) is 1.79. The third kappa shape index (κ3) is 2.22. The summed E-state index contributed by atoms with van der Waals surface area (Å²) in [5, 5.41) is 14.4. The van der Waals surface area contributed by atoms with Gasteiger partial charge in [0.2, 0.25) is 0 Å². The van der Waals surface area contributed by atoms with Gasteiger partial charge in [0.25, 0.3) is 0 Å². The van der Waals surface area contributed by atoms with Gasteiger partial charge in [-0.05, 0) is 26.3 Å². The molecule has 2 aromatic rings. The van der Waals surface area contributed by atoms with E-state index in [0.29, 0.717) is 6.42 Å². The van der Waals surface area contributed by atoms with Crippen LogP contribution in [0.2, 0.25) is 0 Å². The topological polar surface area (TPSA) is 81.1 Å². The van der Waals surface area contributed by atoms with Crippen molar-refractivity contribution < 1.29 is 9.90 Å². The van der Waals surface area contributed by atoms with Gasteiger partial charge in [-0.2, -0.15) is 5.10 Å². The Bertz CT molecular complexity index is 574. The summed E-state index contributed by atoms with van der Waals surface area (Å²) in [5.41, 5.74) is 5.52. The molecule has 18 heavy (non-hydrogen) atoms. The molecular formula is C13H17N3O2. The number of benzene rings is 1. The molecule has 1 aromatic carbocycles. The van der Waals surface area contributed by atoms with Crippen molar-refractivity contribution in [3.8, 4) is 0 Å². The number of fused-ring (bicyclic) bond motifs is 1. The van der Waals surface area contributed by atoms with Crippen molar-refractivity contribution in [2.24, 2.45) is 5.73 Å². The first-order chi connectivity index (χ1) is 8.42. The first kappa shape index (κ1) is 12.6. The molecule has 0 saturated carbocycles. The third-order valence-corrected chi connectivity index (χ3v) is 3.13. The molecule has 0 aliphatic rings. The Morgan fingerprint density at radius 1 is 1.56 bits per heavy atom. The molecule has 0 aliphatic heterocycles. The lowest BCUT2D eigenvalue weighted by Gasteiger charge is -2.24. The first-order valence-corrected chi connectivity index (χ1v) is 5.86. The molecule has 3 N–H and O–H groups in total. The van der Waals surface area contributed by atoms with Crippen LogP contribution in [0.4, 0.5) is 0 Å². The van der Waals surface area contributed by atoms with E-state index in [1.165, 1.54) is 6.92 Å². The molecule has 2 unspecified atom stereocenters. The second-order valence-corrected chi connectivity index (χ2v) is 4.92. The Labute approximate surface area is 105 Å². The van der Waals surface area contributed by atoms with Crippen molar-refractivity contribution in [3.05, 3.63) is 30.5 Å². The van der Waals surface area contributed by atoms with Crippen LogP contribution in [0.5, 0.6) is 0 Å². The summed E-state index contributed by atoms with van der Waals surface area (Å²) in [6.07, 6.45) is 2.11. The monoisotopic (exact) mass is 247 g/mol. The number of nitrogens with two attached hydrogens (primary N) is 1. The van der Waals surface area contributed by atoms with E-state index in [1.807, 2.05) is 35.9 Å². The normalized spacial score (nSPS) is 16.4. The summed E-state index contributed by atoms with van der Waals surface area (Å²) in [6.45, 7) is 3.45. The lowest BCUT2D eigenvalue weighted by molar-refractivity contribution is -0.143. The predicted molar refractivity (Wildman–Crippen MR) is 69.3 cm³/mol. The van der Waals surface area contributed by atoms with E-state index in [2.05, 4.69) is 5.10 Å². The number of carboxylic acid groups (broad SMARTS) is 1. The Hall–Kier alpha value is -1.88. The molecule has 0 aliphatic carbocycles. The molecule has 96 valence electrons. The molecule has 1 heterocycles. The fraction of sp³-hybridized carbons (Fsp3) is 0.385. The zero-order valence-electron chi connectivity index (χ0n) is 10.5. The molecular weight excluding hydrogens is 230 g/mol. The van der Waals surface area contributed by atoms with E-state index in [1.54, 1.807) is 6.20 Å². The fourth-order valence-electron chi connectivity index (χ4n) is 2.13. The van der Waals surface area contributed by atoms with Gasteiger partial charge in [0.1, 0.15) is 5.54 Å². The van der Waals surface area contributed by atoms with Gasteiger partial charge in [0, 0.05) is 5.39 Å². The number of rotatable bonds is 4. The average molecular weight is 247 g/mol. The Kier molecular flexibility index (Phi) is 3.09. The Morgan fingerprint density at radius 3 is 2.89 bits per heavy atom. The zero-order valence-corrected chi connectivity index (χ0v) is 10.5. The molecule has 2 atom stereocenters. The van der Waals surface area contributed by atoms with Crippen molar-refractivity contribution in [2.75, 3.05) is 0 Å². The van der Waals surface area contributed by atoms with E-state index < -0.39 is 11.5 Å². The second kappa shape index (κ2) is 4.42. The molecule has 0 saturated heterocycles. The van der Waals surface area contributed by atoms with Gasteiger partial charge in [-0.25, -0.2) is 0 Å². The molecule has 5 heteroatoms. The van der Waals surface area contributed by atoms with Crippen LogP contribution in [-0.4, -0.2) is 26.4 Å². The number of para-hydroxylation sites is 1. The highest BCUT2D eigenvalue weighted by Gasteiger charge is 2.31. The molecule has 5 nitrogen and oxygen atoms in total. The highest BCUT2D eigenvalue weighted by atomic mass is 16.4. The quantitative estimate of drug-likeness (QED) is 0.863. The van der Waals surface area contributed by atoms with Crippen LogP contribution in [0.25, 0.3) is 10.9 Å². The maximum Gasteiger partial charge on any atom is 0.323 e. The summed E-state index contributed by atoms with van der Waals surface area (Å²) < 4.78 is 1.82. The molecule has 0 amide bonds. The largest absolute Gasteiger partial charge is 0.480 e. The van der Waals surface area contributed by atoms with Gasteiger partial charge in [-0.15, -0.1) is 0 Å².